The molecule has 3 N–H and O–H groups in total. The van der Waals surface area contributed by atoms with E-state index in [9.17, 15) is 4.79 Å². The van der Waals surface area contributed by atoms with Crippen LogP contribution in [0.3, 0.4) is 0 Å². The smallest absolute Gasteiger partial charge is 0.253 e. The molecule has 0 saturated carbocycles. The fraction of sp³-hybridized carbons (Fsp3) is 0.538. The molecule has 2 rings (SSSR count). The number of nitrogens with zero attached hydrogens (tertiary/aromatic N) is 2. The molecule has 2 heterocycles. The van der Waals surface area contributed by atoms with Gasteiger partial charge in [0.2, 0.25) is 0 Å². The molecule has 1 aliphatic heterocycles. The van der Waals surface area contributed by atoms with Crippen molar-refractivity contribution in [1.82, 2.24) is 15.2 Å². The minimum Gasteiger partial charge on any atom is -0.397 e. The van der Waals surface area contributed by atoms with Crippen LogP contribution in [-0.4, -0.2) is 41.5 Å². The second-order valence-corrected chi connectivity index (χ2v) is 5.51. The standard InChI is InChI=1S/C13H19ClN4O/c1-8-5-9(3-4-18(8)2)17-13(19)10-6-12(14)16-7-11(10)15/h6-9H,3-5,15H2,1-2H3,(H,17,19). The summed E-state index contributed by atoms with van der Waals surface area (Å²) >= 11 is 5.79. The molecule has 1 amide bonds. The highest BCUT2D eigenvalue weighted by atomic mass is 35.5. The molecule has 0 aromatic carbocycles. The third-order valence-electron chi connectivity index (χ3n) is 3.69. The number of carbonyl (C=O) groups is 1. The summed E-state index contributed by atoms with van der Waals surface area (Å²) in [6, 6.07) is 2.16. The second kappa shape index (κ2) is 5.75. The number of rotatable bonds is 2. The number of hydrogen-bond donors (Lipinski definition) is 2. The lowest BCUT2D eigenvalue weighted by atomic mass is 9.98. The first-order valence-corrected chi connectivity index (χ1v) is 6.77. The van der Waals surface area contributed by atoms with Gasteiger partial charge in [-0.15, -0.1) is 0 Å². The highest BCUT2D eigenvalue weighted by Crippen LogP contribution is 2.18. The molecule has 0 aliphatic carbocycles. The Kier molecular flexibility index (Phi) is 4.27. The van der Waals surface area contributed by atoms with Crippen molar-refractivity contribution in [1.29, 1.82) is 0 Å². The zero-order valence-corrected chi connectivity index (χ0v) is 11.9. The number of nitrogen functional groups attached to an aromatic ring is 1. The average Bonchev–Trinajstić information content (AvgIpc) is 2.36. The van der Waals surface area contributed by atoms with Gasteiger partial charge in [-0.2, -0.15) is 0 Å². The van der Waals surface area contributed by atoms with Crippen LogP contribution in [0.1, 0.15) is 30.1 Å². The molecule has 6 heteroatoms. The molecule has 1 fully saturated rings. The quantitative estimate of drug-likeness (QED) is 0.807. The SMILES string of the molecule is CC1CC(NC(=O)c2cc(Cl)ncc2N)CCN1C. The topological polar surface area (TPSA) is 71.2 Å². The normalized spacial score (nSPS) is 24.2. The lowest BCUT2D eigenvalue weighted by Crippen LogP contribution is -2.47. The van der Waals surface area contributed by atoms with Gasteiger partial charge in [0.15, 0.2) is 0 Å². The van der Waals surface area contributed by atoms with E-state index in [0.29, 0.717) is 17.3 Å². The van der Waals surface area contributed by atoms with Gasteiger partial charge in [0.1, 0.15) is 5.15 Å². The van der Waals surface area contributed by atoms with E-state index in [1.807, 2.05) is 0 Å². The molecular weight excluding hydrogens is 264 g/mol. The number of amides is 1. The molecule has 1 saturated heterocycles. The first-order valence-electron chi connectivity index (χ1n) is 6.39. The van der Waals surface area contributed by atoms with Crippen molar-refractivity contribution >= 4 is 23.2 Å². The van der Waals surface area contributed by atoms with E-state index in [2.05, 4.69) is 29.2 Å². The van der Waals surface area contributed by atoms with Crippen molar-refractivity contribution in [3.8, 4) is 0 Å². The number of nitrogens with one attached hydrogen (secondary N) is 1. The van der Waals surface area contributed by atoms with Gasteiger partial charge in [-0.1, -0.05) is 11.6 Å². The molecule has 1 aliphatic rings. The Labute approximate surface area is 118 Å². The van der Waals surface area contributed by atoms with Gasteiger partial charge in [-0.05, 0) is 32.9 Å². The largest absolute Gasteiger partial charge is 0.397 e. The van der Waals surface area contributed by atoms with Crippen LogP contribution in [0.4, 0.5) is 5.69 Å². The molecule has 0 spiro atoms. The van der Waals surface area contributed by atoms with Gasteiger partial charge in [-0.25, -0.2) is 4.98 Å². The average molecular weight is 283 g/mol. The number of halogens is 1. The molecule has 104 valence electrons. The number of piperidine rings is 1. The second-order valence-electron chi connectivity index (χ2n) is 5.12. The van der Waals surface area contributed by atoms with Crippen LogP contribution >= 0.6 is 11.6 Å². The Morgan fingerprint density at radius 3 is 3.05 bits per heavy atom. The summed E-state index contributed by atoms with van der Waals surface area (Å²) in [6.45, 7) is 3.15. The van der Waals surface area contributed by atoms with E-state index in [4.69, 9.17) is 17.3 Å². The molecule has 2 unspecified atom stereocenters. The fourth-order valence-electron chi connectivity index (χ4n) is 2.32. The van der Waals surface area contributed by atoms with Crippen LogP contribution in [-0.2, 0) is 0 Å². The summed E-state index contributed by atoms with van der Waals surface area (Å²) < 4.78 is 0. The van der Waals surface area contributed by atoms with Crippen LogP contribution in [0.25, 0.3) is 0 Å². The zero-order valence-electron chi connectivity index (χ0n) is 11.2. The van der Waals surface area contributed by atoms with Crippen molar-refractivity contribution in [3.05, 3.63) is 23.0 Å². The van der Waals surface area contributed by atoms with Crippen LogP contribution in [0.2, 0.25) is 5.15 Å². The predicted octanol–water partition coefficient (Wildman–Crippen LogP) is 1.53. The van der Waals surface area contributed by atoms with Gasteiger partial charge in [-0.3, -0.25) is 4.79 Å². The highest BCUT2D eigenvalue weighted by molar-refractivity contribution is 6.29. The van der Waals surface area contributed by atoms with Crippen molar-refractivity contribution in [2.24, 2.45) is 0 Å². The number of nitrogens with two attached hydrogens (primary N) is 1. The van der Waals surface area contributed by atoms with E-state index in [0.717, 1.165) is 19.4 Å². The summed E-state index contributed by atoms with van der Waals surface area (Å²) in [5.41, 5.74) is 6.50. The van der Waals surface area contributed by atoms with Crippen LogP contribution in [0.15, 0.2) is 12.3 Å². The van der Waals surface area contributed by atoms with E-state index in [1.165, 1.54) is 12.3 Å². The zero-order chi connectivity index (χ0) is 14.0. The number of carbonyl (C=O) groups excluding carboxylic acids is 1. The van der Waals surface area contributed by atoms with E-state index < -0.39 is 0 Å². The first-order chi connectivity index (χ1) is 8.97. The van der Waals surface area contributed by atoms with Crippen LogP contribution < -0.4 is 11.1 Å². The lowest BCUT2D eigenvalue weighted by molar-refractivity contribution is 0.0897. The summed E-state index contributed by atoms with van der Waals surface area (Å²) in [7, 11) is 2.10. The molecule has 5 nitrogen and oxygen atoms in total. The number of hydrogen-bond acceptors (Lipinski definition) is 4. The van der Waals surface area contributed by atoms with Gasteiger partial charge < -0.3 is 16.0 Å². The molecule has 19 heavy (non-hydrogen) atoms. The molecule has 1 aromatic heterocycles. The first kappa shape index (κ1) is 14.1. The Morgan fingerprint density at radius 2 is 2.37 bits per heavy atom. The van der Waals surface area contributed by atoms with Crippen molar-refractivity contribution < 1.29 is 4.79 Å². The summed E-state index contributed by atoms with van der Waals surface area (Å²) in [6.07, 6.45) is 3.31. The van der Waals surface area contributed by atoms with Gasteiger partial charge in [0.05, 0.1) is 17.4 Å². The van der Waals surface area contributed by atoms with E-state index >= 15 is 0 Å². The fourth-order valence-corrected chi connectivity index (χ4v) is 2.48. The van der Waals surface area contributed by atoms with Gasteiger partial charge in [0, 0.05) is 18.6 Å². The van der Waals surface area contributed by atoms with Crippen LogP contribution in [0.5, 0.6) is 0 Å². The molecular formula is C13H19ClN4O. The summed E-state index contributed by atoms with van der Waals surface area (Å²) in [5, 5.41) is 3.30. The Bertz CT molecular complexity index is 480. The van der Waals surface area contributed by atoms with Crippen molar-refractivity contribution in [3.63, 3.8) is 0 Å². The van der Waals surface area contributed by atoms with Gasteiger partial charge >= 0.3 is 0 Å². The predicted molar refractivity (Wildman–Crippen MR) is 76.2 cm³/mol. The Morgan fingerprint density at radius 1 is 1.63 bits per heavy atom. The number of aromatic nitrogens is 1. The Hall–Kier alpha value is -1.33. The Balaban J connectivity index is 2.03. The lowest BCUT2D eigenvalue weighted by Gasteiger charge is -2.35. The summed E-state index contributed by atoms with van der Waals surface area (Å²) in [5.74, 6) is -0.177. The number of pyridine rings is 1. The molecule has 0 bridgehead atoms. The van der Waals surface area contributed by atoms with Crippen LogP contribution in [0, 0.1) is 0 Å². The maximum atomic E-state index is 12.2. The number of anilines is 1. The molecule has 0 radical (unpaired) electrons. The minimum atomic E-state index is -0.177. The van der Waals surface area contributed by atoms with Crippen molar-refractivity contribution in [2.45, 2.75) is 31.8 Å². The minimum absolute atomic E-state index is 0.177. The summed E-state index contributed by atoms with van der Waals surface area (Å²) in [4.78, 5) is 18.3. The molecule has 2 atom stereocenters. The highest BCUT2D eigenvalue weighted by Gasteiger charge is 2.24. The monoisotopic (exact) mass is 282 g/mol. The van der Waals surface area contributed by atoms with E-state index in [-0.39, 0.29) is 17.1 Å². The van der Waals surface area contributed by atoms with Gasteiger partial charge in [0.25, 0.3) is 5.91 Å². The maximum Gasteiger partial charge on any atom is 0.253 e. The third kappa shape index (κ3) is 3.36. The van der Waals surface area contributed by atoms with Crippen molar-refractivity contribution in [2.75, 3.05) is 19.3 Å². The maximum absolute atomic E-state index is 12.2. The number of likely N-dealkylation sites (tertiary alicyclic amines) is 1. The third-order valence-corrected chi connectivity index (χ3v) is 3.90. The van der Waals surface area contributed by atoms with E-state index in [1.54, 1.807) is 0 Å². The molecule has 1 aromatic rings.